The maximum absolute atomic E-state index is 4.38. The Morgan fingerprint density at radius 3 is 3.17 bits per heavy atom. The standard InChI is InChI=1S/C9H7N3/c1-2-4-8-7(3-1)11-9-10-5-6-12(8)9/h1-6H,(H,10,11). The second-order valence-electron chi connectivity index (χ2n) is 2.75. The van der Waals surface area contributed by atoms with E-state index in [0.717, 1.165) is 16.8 Å². The summed E-state index contributed by atoms with van der Waals surface area (Å²) in [5.74, 6) is 0.899. The highest BCUT2D eigenvalue weighted by Gasteiger charge is 2.01. The molecular formula is C9H7N3. The van der Waals surface area contributed by atoms with Gasteiger partial charge in [0.1, 0.15) is 0 Å². The fraction of sp³-hybridized carbons (Fsp3) is 0. The Bertz CT molecular complexity index is 532. The summed E-state index contributed by atoms with van der Waals surface area (Å²) < 4.78 is 2.04. The second kappa shape index (κ2) is 1.88. The molecule has 0 bridgehead atoms. The van der Waals surface area contributed by atoms with E-state index in [2.05, 4.69) is 16.0 Å². The van der Waals surface area contributed by atoms with Crippen LogP contribution in [-0.2, 0) is 0 Å². The van der Waals surface area contributed by atoms with Crippen molar-refractivity contribution in [3.05, 3.63) is 36.7 Å². The summed E-state index contributed by atoms with van der Waals surface area (Å²) >= 11 is 0. The monoisotopic (exact) mass is 157 g/mol. The average molecular weight is 157 g/mol. The molecule has 0 aliphatic heterocycles. The predicted molar refractivity (Wildman–Crippen MR) is 47.0 cm³/mol. The quantitative estimate of drug-likeness (QED) is 0.530. The van der Waals surface area contributed by atoms with Gasteiger partial charge in [-0.15, -0.1) is 0 Å². The zero-order valence-corrected chi connectivity index (χ0v) is 6.36. The molecule has 1 N–H and O–H groups in total. The van der Waals surface area contributed by atoms with Crippen LogP contribution >= 0.6 is 0 Å². The van der Waals surface area contributed by atoms with Crippen LogP contribution in [0.3, 0.4) is 0 Å². The lowest BCUT2D eigenvalue weighted by molar-refractivity contribution is 1.25. The number of rotatable bonds is 0. The van der Waals surface area contributed by atoms with Crippen LogP contribution in [-0.4, -0.2) is 14.4 Å². The number of fused-ring (bicyclic) bond motifs is 3. The molecule has 58 valence electrons. The smallest absolute Gasteiger partial charge is 0.212 e. The minimum atomic E-state index is 0.899. The molecule has 3 aromatic rings. The summed E-state index contributed by atoms with van der Waals surface area (Å²) in [5, 5.41) is 0. The number of H-pyrrole nitrogens is 1. The van der Waals surface area contributed by atoms with Crippen molar-refractivity contribution >= 4 is 16.8 Å². The molecule has 0 radical (unpaired) electrons. The molecule has 1 aromatic carbocycles. The van der Waals surface area contributed by atoms with Gasteiger partial charge in [0.05, 0.1) is 11.0 Å². The first kappa shape index (κ1) is 5.83. The molecule has 0 atom stereocenters. The molecule has 0 amide bonds. The molecule has 3 heteroatoms. The normalized spacial score (nSPS) is 11.3. The summed E-state index contributed by atoms with van der Waals surface area (Å²) in [7, 11) is 0. The van der Waals surface area contributed by atoms with Crippen LogP contribution in [0, 0.1) is 0 Å². The molecule has 0 saturated heterocycles. The van der Waals surface area contributed by atoms with Crippen molar-refractivity contribution in [3.63, 3.8) is 0 Å². The van der Waals surface area contributed by atoms with Gasteiger partial charge in [0.2, 0.25) is 5.78 Å². The topological polar surface area (TPSA) is 33.1 Å². The zero-order valence-electron chi connectivity index (χ0n) is 6.36. The molecule has 2 heterocycles. The fourth-order valence-electron chi connectivity index (χ4n) is 1.48. The van der Waals surface area contributed by atoms with E-state index >= 15 is 0 Å². The first-order valence-electron chi connectivity index (χ1n) is 3.85. The highest BCUT2D eigenvalue weighted by molar-refractivity contribution is 5.79. The number of aromatic nitrogens is 3. The van der Waals surface area contributed by atoms with Gasteiger partial charge in [-0.05, 0) is 12.1 Å². The molecule has 0 aliphatic carbocycles. The lowest BCUT2D eigenvalue weighted by Crippen LogP contribution is -1.74. The molecule has 0 saturated carbocycles. The minimum absolute atomic E-state index is 0.899. The van der Waals surface area contributed by atoms with Crippen molar-refractivity contribution < 1.29 is 0 Å². The first-order valence-corrected chi connectivity index (χ1v) is 3.85. The number of aromatic amines is 1. The maximum atomic E-state index is 4.38. The van der Waals surface area contributed by atoms with E-state index in [1.807, 2.05) is 35.0 Å². The second-order valence-corrected chi connectivity index (χ2v) is 2.75. The summed E-state index contributed by atoms with van der Waals surface area (Å²) in [6, 6.07) is 8.08. The zero-order chi connectivity index (χ0) is 7.97. The van der Waals surface area contributed by atoms with Crippen LogP contribution in [0.4, 0.5) is 0 Å². The van der Waals surface area contributed by atoms with Gasteiger partial charge in [0, 0.05) is 12.4 Å². The molecule has 12 heavy (non-hydrogen) atoms. The van der Waals surface area contributed by atoms with Gasteiger partial charge in [0.15, 0.2) is 0 Å². The fourth-order valence-corrected chi connectivity index (χ4v) is 1.48. The third-order valence-electron chi connectivity index (χ3n) is 2.03. The maximum Gasteiger partial charge on any atom is 0.212 e. The Balaban J connectivity index is 2.68. The lowest BCUT2D eigenvalue weighted by Gasteiger charge is -1.85. The Labute approximate surface area is 68.7 Å². The van der Waals surface area contributed by atoms with E-state index in [4.69, 9.17) is 0 Å². The Hall–Kier alpha value is -1.77. The number of nitrogens with one attached hydrogen (secondary N) is 1. The van der Waals surface area contributed by atoms with Gasteiger partial charge in [0.25, 0.3) is 0 Å². The van der Waals surface area contributed by atoms with Crippen LogP contribution in [0.1, 0.15) is 0 Å². The number of nitrogens with zero attached hydrogens (tertiary/aromatic N) is 2. The summed E-state index contributed by atoms with van der Waals surface area (Å²) in [6.07, 6.45) is 3.86. The van der Waals surface area contributed by atoms with Crippen LogP contribution in [0.2, 0.25) is 0 Å². The van der Waals surface area contributed by atoms with E-state index in [0.29, 0.717) is 0 Å². The van der Waals surface area contributed by atoms with Crippen molar-refractivity contribution in [1.29, 1.82) is 0 Å². The number of para-hydroxylation sites is 2. The van der Waals surface area contributed by atoms with Gasteiger partial charge < -0.3 is 4.98 Å². The molecule has 0 aliphatic rings. The largest absolute Gasteiger partial charge is 0.330 e. The molecule has 3 rings (SSSR count). The molecule has 0 spiro atoms. The van der Waals surface area contributed by atoms with Crippen LogP contribution in [0.15, 0.2) is 36.7 Å². The average Bonchev–Trinajstić information content (AvgIpc) is 2.62. The van der Waals surface area contributed by atoms with Crippen LogP contribution < -0.4 is 0 Å². The molecular weight excluding hydrogens is 150 g/mol. The van der Waals surface area contributed by atoms with E-state index in [1.54, 1.807) is 0 Å². The van der Waals surface area contributed by atoms with Crippen molar-refractivity contribution in [2.24, 2.45) is 0 Å². The third kappa shape index (κ3) is 0.580. The van der Waals surface area contributed by atoms with Gasteiger partial charge in [-0.3, -0.25) is 4.40 Å². The SMILES string of the molecule is c1ccc2c(c1)nc1[nH]ccn12. The van der Waals surface area contributed by atoms with Gasteiger partial charge >= 0.3 is 0 Å². The van der Waals surface area contributed by atoms with E-state index in [9.17, 15) is 0 Å². The summed E-state index contributed by atoms with van der Waals surface area (Å²) in [5.41, 5.74) is 2.18. The predicted octanol–water partition coefficient (Wildman–Crippen LogP) is 1.82. The third-order valence-corrected chi connectivity index (χ3v) is 2.03. The van der Waals surface area contributed by atoms with E-state index < -0.39 is 0 Å². The molecule has 0 fully saturated rings. The van der Waals surface area contributed by atoms with Gasteiger partial charge in [-0.2, -0.15) is 0 Å². The lowest BCUT2D eigenvalue weighted by atomic mass is 10.3. The first-order chi connectivity index (χ1) is 5.95. The number of hydrogen-bond acceptors (Lipinski definition) is 1. The Morgan fingerprint density at radius 2 is 2.17 bits per heavy atom. The van der Waals surface area contributed by atoms with Crippen molar-refractivity contribution in [3.8, 4) is 0 Å². The molecule has 2 aromatic heterocycles. The number of imidazole rings is 2. The highest BCUT2D eigenvalue weighted by atomic mass is 15.1. The van der Waals surface area contributed by atoms with Crippen LogP contribution in [0.25, 0.3) is 16.8 Å². The summed E-state index contributed by atoms with van der Waals surface area (Å²) in [4.78, 5) is 7.44. The number of benzene rings is 1. The van der Waals surface area contributed by atoms with Crippen LogP contribution in [0.5, 0.6) is 0 Å². The number of hydrogen-bond donors (Lipinski definition) is 1. The Kier molecular flexibility index (Phi) is 0.913. The molecule has 3 nitrogen and oxygen atoms in total. The van der Waals surface area contributed by atoms with Gasteiger partial charge in [-0.1, -0.05) is 12.1 Å². The van der Waals surface area contributed by atoms with E-state index in [1.165, 1.54) is 0 Å². The highest BCUT2D eigenvalue weighted by Crippen LogP contribution is 2.13. The van der Waals surface area contributed by atoms with Crippen molar-refractivity contribution in [2.75, 3.05) is 0 Å². The summed E-state index contributed by atoms with van der Waals surface area (Å²) in [6.45, 7) is 0. The van der Waals surface area contributed by atoms with E-state index in [-0.39, 0.29) is 0 Å². The minimum Gasteiger partial charge on any atom is -0.330 e. The van der Waals surface area contributed by atoms with Crippen molar-refractivity contribution in [1.82, 2.24) is 14.4 Å². The Morgan fingerprint density at radius 1 is 1.25 bits per heavy atom. The molecule has 0 unspecified atom stereocenters. The van der Waals surface area contributed by atoms with Crippen molar-refractivity contribution in [2.45, 2.75) is 0 Å². The van der Waals surface area contributed by atoms with Gasteiger partial charge in [-0.25, -0.2) is 4.98 Å².